The van der Waals surface area contributed by atoms with Gasteiger partial charge in [0, 0.05) is 18.7 Å². The standard InChI is InChI=1S/C12H13F3N4O3/c1-7-5-8(12(13,14)15)18-19(7)4-3-9-16-17-10(22-9)6-11(20)21-2/h5H,3-4,6H2,1-2H3. The van der Waals surface area contributed by atoms with E-state index in [4.69, 9.17) is 4.42 Å². The van der Waals surface area contributed by atoms with Crippen molar-refractivity contribution in [3.05, 3.63) is 29.2 Å². The summed E-state index contributed by atoms with van der Waals surface area (Å²) in [6, 6.07) is 0.969. The van der Waals surface area contributed by atoms with Crippen molar-refractivity contribution in [1.29, 1.82) is 0 Å². The number of carbonyl (C=O) groups excluding carboxylic acids is 1. The van der Waals surface area contributed by atoms with Crippen molar-refractivity contribution in [1.82, 2.24) is 20.0 Å². The number of hydrogen-bond donors (Lipinski definition) is 0. The van der Waals surface area contributed by atoms with Gasteiger partial charge in [0.2, 0.25) is 11.8 Å². The normalized spacial score (nSPS) is 11.7. The van der Waals surface area contributed by atoms with Gasteiger partial charge in [0.05, 0.1) is 7.11 Å². The number of carbonyl (C=O) groups is 1. The summed E-state index contributed by atoms with van der Waals surface area (Å²) in [7, 11) is 1.23. The van der Waals surface area contributed by atoms with E-state index in [0.29, 0.717) is 5.69 Å². The number of nitrogens with zero attached hydrogens (tertiary/aromatic N) is 4. The molecule has 0 bridgehead atoms. The van der Waals surface area contributed by atoms with Crippen molar-refractivity contribution in [3.63, 3.8) is 0 Å². The molecule has 0 aliphatic heterocycles. The first-order valence-electron chi connectivity index (χ1n) is 6.29. The van der Waals surface area contributed by atoms with Crippen molar-refractivity contribution in [2.24, 2.45) is 0 Å². The van der Waals surface area contributed by atoms with E-state index < -0.39 is 17.8 Å². The molecule has 2 heterocycles. The van der Waals surface area contributed by atoms with Crippen molar-refractivity contribution < 1.29 is 27.1 Å². The molecule has 7 nitrogen and oxygen atoms in total. The fourth-order valence-electron chi connectivity index (χ4n) is 1.73. The summed E-state index contributed by atoms with van der Waals surface area (Å²) in [4.78, 5) is 11.0. The molecule has 10 heteroatoms. The van der Waals surface area contributed by atoms with Crippen molar-refractivity contribution >= 4 is 5.97 Å². The number of alkyl halides is 3. The van der Waals surface area contributed by atoms with Gasteiger partial charge in [-0.25, -0.2) is 0 Å². The third-order valence-electron chi connectivity index (χ3n) is 2.84. The minimum atomic E-state index is -4.48. The highest BCUT2D eigenvalue weighted by molar-refractivity contribution is 5.70. The van der Waals surface area contributed by atoms with Gasteiger partial charge in [-0.15, -0.1) is 10.2 Å². The van der Waals surface area contributed by atoms with Crippen molar-refractivity contribution in [2.75, 3.05) is 7.11 Å². The van der Waals surface area contributed by atoms with Crippen molar-refractivity contribution in [2.45, 2.75) is 32.5 Å². The number of aryl methyl sites for hydroxylation is 3. The Morgan fingerprint density at radius 1 is 1.36 bits per heavy atom. The number of aromatic nitrogens is 4. The SMILES string of the molecule is COC(=O)Cc1nnc(CCn2nc(C(F)(F)F)cc2C)o1. The van der Waals surface area contributed by atoms with Crippen LogP contribution in [-0.2, 0) is 35.1 Å². The van der Waals surface area contributed by atoms with Crippen LogP contribution in [0.3, 0.4) is 0 Å². The largest absolute Gasteiger partial charge is 0.469 e. The third kappa shape index (κ3) is 3.83. The highest BCUT2D eigenvalue weighted by atomic mass is 19.4. The molecule has 22 heavy (non-hydrogen) atoms. The fourth-order valence-corrected chi connectivity index (χ4v) is 1.73. The Labute approximate surface area is 123 Å². The van der Waals surface area contributed by atoms with E-state index in [1.54, 1.807) is 0 Å². The summed E-state index contributed by atoms with van der Waals surface area (Å²) in [6.07, 6.45) is -4.43. The summed E-state index contributed by atoms with van der Waals surface area (Å²) in [5.74, 6) is -0.217. The fraction of sp³-hybridized carbons (Fsp3) is 0.500. The van der Waals surface area contributed by atoms with Gasteiger partial charge in [-0.3, -0.25) is 9.48 Å². The first kappa shape index (κ1) is 16.0. The second kappa shape index (κ2) is 6.16. The van der Waals surface area contributed by atoms with E-state index >= 15 is 0 Å². The van der Waals surface area contributed by atoms with Gasteiger partial charge < -0.3 is 9.15 Å². The molecule has 0 fully saturated rings. The van der Waals surface area contributed by atoms with Gasteiger partial charge in [0.15, 0.2) is 5.69 Å². The number of esters is 1. The molecule has 0 aromatic carbocycles. The lowest BCUT2D eigenvalue weighted by atomic mass is 10.3. The zero-order chi connectivity index (χ0) is 16.3. The predicted molar refractivity (Wildman–Crippen MR) is 65.7 cm³/mol. The molecule has 0 radical (unpaired) electrons. The molecule has 120 valence electrons. The molecule has 2 rings (SSSR count). The number of rotatable bonds is 5. The van der Waals surface area contributed by atoms with E-state index in [-0.39, 0.29) is 31.2 Å². The number of ether oxygens (including phenoxy) is 1. The Morgan fingerprint density at radius 2 is 2.05 bits per heavy atom. The van der Waals surface area contributed by atoms with Gasteiger partial charge in [-0.05, 0) is 13.0 Å². The van der Waals surface area contributed by atoms with E-state index in [0.717, 1.165) is 6.07 Å². The summed E-state index contributed by atoms with van der Waals surface area (Å²) >= 11 is 0. The summed E-state index contributed by atoms with van der Waals surface area (Å²) < 4.78 is 48.5. The van der Waals surface area contributed by atoms with Crippen LogP contribution in [-0.4, -0.2) is 33.1 Å². The Morgan fingerprint density at radius 3 is 2.64 bits per heavy atom. The molecule has 0 N–H and O–H groups in total. The number of methoxy groups -OCH3 is 1. The summed E-state index contributed by atoms with van der Waals surface area (Å²) in [6.45, 7) is 1.68. The van der Waals surface area contributed by atoms with Gasteiger partial charge in [-0.1, -0.05) is 0 Å². The van der Waals surface area contributed by atoms with Crippen LogP contribution < -0.4 is 0 Å². The minimum Gasteiger partial charge on any atom is -0.469 e. The zero-order valence-electron chi connectivity index (χ0n) is 11.8. The Bertz CT molecular complexity index is 663. The molecule has 0 spiro atoms. The average molecular weight is 318 g/mol. The molecule has 0 aliphatic carbocycles. The maximum atomic E-state index is 12.5. The van der Waals surface area contributed by atoms with Crippen molar-refractivity contribution in [3.8, 4) is 0 Å². The smallest absolute Gasteiger partial charge is 0.435 e. The van der Waals surface area contributed by atoms with Crippen LogP contribution in [0.15, 0.2) is 10.5 Å². The lowest BCUT2D eigenvalue weighted by Gasteiger charge is -2.02. The van der Waals surface area contributed by atoms with E-state index in [9.17, 15) is 18.0 Å². The van der Waals surface area contributed by atoms with Gasteiger partial charge in [0.1, 0.15) is 6.42 Å². The lowest BCUT2D eigenvalue weighted by molar-refractivity contribution is -0.141. The van der Waals surface area contributed by atoms with Crippen LogP contribution in [0.4, 0.5) is 13.2 Å². The number of halogens is 3. The molecule has 0 saturated carbocycles. The molecule has 0 amide bonds. The van der Waals surface area contributed by atoms with Gasteiger partial charge >= 0.3 is 12.1 Å². The topological polar surface area (TPSA) is 83.0 Å². The van der Waals surface area contributed by atoms with Crippen LogP contribution in [0, 0.1) is 6.92 Å². The van der Waals surface area contributed by atoms with E-state index in [2.05, 4.69) is 20.0 Å². The first-order chi connectivity index (χ1) is 10.3. The Balaban J connectivity index is 1.99. The molecular weight excluding hydrogens is 305 g/mol. The highest BCUT2D eigenvalue weighted by Crippen LogP contribution is 2.28. The lowest BCUT2D eigenvalue weighted by Crippen LogP contribution is -2.09. The monoisotopic (exact) mass is 318 g/mol. The maximum absolute atomic E-state index is 12.5. The minimum absolute atomic E-state index is 0.0926. The molecule has 0 atom stereocenters. The maximum Gasteiger partial charge on any atom is 0.435 e. The molecule has 0 saturated heterocycles. The van der Waals surface area contributed by atoms with Gasteiger partial charge in [-0.2, -0.15) is 18.3 Å². The van der Waals surface area contributed by atoms with Crippen LogP contribution >= 0.6 is 0 Å². The molecule has 0 aliphatic rings. The van der Waals surface area contributed by atoms with Crippen LogP contribution in [0.5, 0.6) is 0 Å². The quantitative estimate of drug-likeness (QED) is 0.778. The highest BCUT2D eigenvalue weighted by Gasteiger charge is 2.34. The second-order valence-electron chi connectivity index (χ2n) is 4.48. The molecule has 0 unspecified atom stereocenters. The Hall–Kier alpha value is -2.39. The molecule has 2 aromatic heterocycles. The second-order valence-corrected chi connectivity index (χ2v) is 4.48. The van der Waals surface area contributed by atoms with E-state index in [1.807, 2.05) is 0 Å². The van der Waals surface area contributed by atoms with Gasteiger partial charge in [0.25, 0.3) is 0 Å². The van der Waals surface area contributed by atoms with Crippen LogP contribution in [0.25, 0.3) is 0 Å². The van der Waals surface area contributed by atoms with E-state index in [1.165, 1.54) is 18.7 Å². The summed E-state index contributed by atoms with van der Waals surface area (Å²) in [5.41, 5.74) is -0.566. The first-order valence-corrected chi connectivity index (χ1v) is 6.29. The average Bonchev–Trinajstić information content (AvgIpc) is 3.02. The number of hydrogen-bond acceptors (Lipinski definition) is 6. The zero-order valence-corrected chi connectivity index (χ0v) is 11.8. The third-order valence-corrected chi connectivity index (χ3v) is 2.84. The predicted octanol–water partition coefficient (Wildman–Crippen LogP) is 1.55. The Kier molecular flexibility index (Phi) is 4.48. The van der Waals surface area contributed by atoms with Crippen LogP contribution in [0.1, 0.15) is 23.2 Å². The molecular formula is C12H13F3N4O3. The van der Waals surface area contributed by atoms with Crippen LogP contribution in [0.2, 0.25) is 0 Å². The molecule has 2 aromatic rings. The summed E-state index contributed by atoms with van der Waals surface area (Å²) in [5, 5.41) is 10.9.